The predicted octanol–water partition coefficient (Wildman–Crippen LogP) is 0.912. The molecule has 1 aromatic rings. The number of carbonyl (C=O) groups excluding carboxylic acids is 1. The normalized spacial score (nSPS) is 16.1. The fourth-order valence-electron chi connectivity index (χ4n) is 1.89. The van der Waals surface area contributed by atoms with Crippen molar-refractivity contribution in [3.05, 3.63) is 29.6 Å². The molecule has 0 radical (unpaired) electrons. The number of hydrogen-bond acceptors (Lipinski definition) is 3. The maximum Gasteiger partial charge on any atom is 0.326 e. The monoisotopic (exact) mass is 248 g/mol. The predicted molar refractivity (Wildman–Crippen MR) is 65.0 cm³/mol. The van der Waals surface area contributed by atoms with Crippen LogP contribution in [0.2, 0.25) is 0 Å². The molecule has 1 unspecified atom stereocenters. The molecule has 1 atom stereocenters. The van der Waals surface area contributed by atoms with Crippen LogP contribution in [0.5, 0.6) is 0 Å². The first kappa shape index (κ1) is 12.5. The van der Waals surface area contributed by atoms with Crippen LogP contribution in [-0.4, -0.2) is 28.0 Å². The van der Waals surface area contributed by atoms with Crippen molar-refractivity contribution >= 4 is 11.9 Å². The van der Waals surface area contributed by atoms with Gasteiger partial charge in [-0.15, -0.1) is 0 Å². The van der Waals surface area contributed by atoms with E-state index in [1.54, 1.807) is 12.3 Å². The van der Waals surface area contributed by atoms with Gasteiger partial charge in [-0.1, -0.05) is 6.07 Å². The Morgan fingerprint density at radius 1 is 1.56 bits per heavy atom. The van der Waals surface area contributed by atoms with Crippen LogP contribution in [-0.2, 0) is 16.0 Å². The summed E-state index contributed by atoms with van der Waals surface area (Å²) in [5, 5.41) is 11.6. The summed E-state index contributed by atoms with van der Waals surface area (Å²) in [6.07, 6.45) is 3.51. The highest BCUT2D eigenvalue weighted by atomic mass is 16.4. The van der Waals surface area contributed by atoms with Crippen molar-refractivity contribution in [2.45, 2.75) is 32.2 Å². The van der Waals surface area contributed by atoms with E-state index in [2.05, 4.69) is 10.3 Å². The van der Waals surface area contributed by atoms with E-state index in [-0.39, 0.29) is 18.2 Å². The Balaban J connectivity index is 1.96. The number of rotatable bonds is 5. The minimum atomic E-state index is -0.955. The summed E-state index contributed by atoms with van der Waals surface area (Å²) in [4.78, 5) is 26.9. The molecule has 1 saturated carbocycles. The molecule has 0 saturated heterocycles. The second-order valence-electron chi connectivity index (χ2n) is 4.66. The van der Waals surface area contributed by atoms with Crippen molar-refractivity contribution < 1.29 is 14.7 Å². The zero-order valence-corrected chi connectivity index (χ0v) is 10.2. The fraction of sp³-hybridized carbons (Fsp3) is 0.462. The van der Waals surface area contributed by atoms with Gasteiger partial charge in [0.1, 0.15) is 6.04 Å². The van der Waals surface area contributed by atoms with E-state index >= 15 is 0 Å². The van der Waals surface area contributed by atoms with Gasteiger partial charge in [0, 0.05) is 6.20 Å². The van der Waals surface area contributed by atoms with E-state index in [1.807, 2.05) is 13.0 Å². The maximum atomic E-state index is 11.8. The molecule has 0 aromatic carbocycles. The van der Waals surface area contributed by atoms with Gasteiger partial charge in [-0.2, -0.15) is 0 Å². The van der Waals surface area contributed by atoms with Gasteiger partial charge in [-0.05, 0) is 37.3 Å². The number of hydrogen-bond donors (Lipinski definition) is 2. The van der Waals surface area contributed by atoms with Crippen LogP contribution in [0.3, 0.4) is 0 Å². The molecule has 0 spiro atoms. The Morgan fingerprint density at radius 2 is 2.28 bits per heavy atom. The van der Waals surface area contributed by atoms with Crippen LogP contribution in [0.15, 0.2) is 18.3 Å². The molecule has 1 amide bonds. The highest BCUT2D eigenvalue weighted by Crippen LogP contribution is 2.32. The summed E-state index contributed by atoms with van der Waals surface area (Å²) < 4.78 is 0. The lowest BCUT2D eigenvalue weighted by Crippen LogP contribution is -2.43. The lowest BCUT2D eigenvalue weighted by molar-refractivity contribution is -0.142. The lowest BCUT2D eigenvalue weighted by Gasteiger charge is -2.13. The summed E-state index contributed by atoms with van der Waals surface area (Å²) in [7, 11) is 0. The molecule has 1 aliphatic rings. The Morgan fingerprint density at radius 3 is 2.83 bits per heavy atom. The third kappa shape index (κ3) is 3.06. The molecular weight excluding hydrogens is 232 g/mol. The van der Waals surface area contributed by atoms with Gasteiger partial charge in [0.25, 0.3) is 0 Å². The number of carboxylic acids is 1. The number of amides is 1. The van der Waals surface area contributed by atoms with Gasteiger partial charge in [-0.3, -0.25) is 9.78 Å². The number of aliphatic carboxylic acids is 1. The Hall–Kier alpha value is -1.91. The Kier molecular flexibility index (Phi) is 3.60. The average molecular weight is 248 g/mol. The first-order chi connectivity index (χ1) is 8.58. The molecule has 96 valence electrons. The lowest BCUT2D eigenvalue weighted by atomic mass is 10.1. The minimum Gasteiger partial charge on any atom is -0.480 e. The van der Waals surface area contributed by atoms with E-state index in [0.717, 1.165) is 18.4 Å². The van der Waals surface area contributed by atoms with Crippen LogP contribution >= 0.6 is 0 Å². The number of carboxylic acid groups (broad SMARTS) is 1. The second-order valence-corrected chi connectivity index (χ2v) is 4.66. The van der Waals surface area contributed by atoms with Crippen LogP contribution < -0.4 is 5.32 Å². The van der Waals surface area contributed by atoms with Gasteiger partial charge < -0.3 is 10.4 Å². The number of aromatic nitrogens is 1. The standard InChI is InChI=1S/C13H16N2O3/c1-8-3-2-6-14-10(8)7-11(16)15-12(13(17)18)9-4-5-9/h2-3,6,9,12H,4-5,7H2,1H3,(H,15,16)(H,17,18). The molecule has 1 fully saturated rings. The van der Waals surface area contributed by atoms with Gasteiger partial charge in [0.2, 0.25) is 5.91 Å². The molecule has 1 aromatic heterocycles. The van der Waals surface area contributed by atoms with Gasteiger partial charge >= 0.3 is 5.97 Å². The van der Waals surface area contributed by atoms with E-state index in [0.29, 0.717) is 5.69 Å². The highest BCUT2D eigenvalue weighted by Gasteiger charge is 2.37. The molecule has 1 aliphatic carbocycles. The number of nitrogens with zero attached hydrogens (tertiary/aromatic N) is 1. The number of carbonyl (C=O) groups is 2. The zero-order chi connectivity index (χ0) is 13.1. The van der Waals surface area contributed by atoms with Crippen molar-refractivity contribution in [2.24, 2.45) is 5.92 Å². The second kappa shape index (κ2) is 5.16. The first-order valence-corrected chi connectivity index (χ1v) is 6.00. The zero-order valence-electron chi connectivity index (χ0n) is 10.2. The van der Waals surface area contributed by atoms with Crippen molar-refractivity contribution in [2.75, 3.05) is 0 Å². The smallest absolute Gasteiger partial charge is 0.326 e. The molecule has 0 bridgehead atoms. The van der Waals surface area contributed by atoms with E-state index in [9.17, 15) is 9.59 Å². The number of aryl methyl sites for hydroxylation is 1. The van der Waals surface area contributed by atoms with Crippen LogP contribution in [0, 0.1) is 12.8 Å². The van der Waals surface area contributed by atoms with Gasteiger partial charge in [0.05, 0.1) is 12.1 Å². The van der Waals surface area contributed by atoms with Crippen LogP contribution in [0.4, 0.5) is 0 Å². The highest BCUT2D eigenvalue weighted by molar-refractivity contribution is 5.85. The summed E-state index contributed by atoms with van der Waals surface area (Å²) in [6, 6.07) is 2.94. The molecule has 2 N–H and O–H groups in total. The summed E-state index contributed by atoms with van der Waals surface area (Å²) in [5.74, 6) is -1.14. The topological polar surface area (TPSA) is 79.3 Å². The molecule has 2 rings (SSSR count). The Labute approximate surface area is 105 Å². The summed E-state index contributed by atoms with van der Waals surface area (Å²) in [6.45, 7) is 1.88. The van der Waals surface area contributed by atoms with E-state index in [4.69, 9.17) is 5.11 Å². The minimum absolute atomic E-state index is 0.0938. The van der Waals surface area contributed by atoms with Crippen molar-refractivity contribution in [3.8, 4) is 0 Å². The third-order valence-electron chi connectivity index (χ3n) is 3.12. The average Bonchev–Trinajstić information content (AvgIpc) is 3.13. The van der Waals surface area contributed by atoms with Crippen LogP contribution in [0.1, 0.15) is 24.1 Å². The number of pyridine rings is 1. The summed E-state index contributed by atoms with van der Waals surface area (Å²) >= 11 is 0. The van der Waals surface area contributed by atoms with Crippen LogP contribution in [0.25, 0.3) is 0 Å². The maximum absolute atomic E-state index is 11.8. The quantitative estimate of drug-likeness (QED) is 0.811. The largest absolute Gasteiger partial charge is 0.480 e. The van der Waals surface area contributed by atoms with Crippen molar-refractivity contribution in [1.29, 1.82) is 0 Å². The molecule has 18 heavy (non-hydrogen) atoms. The number of nitrogens with one attached hydrogen (secondary N) is 1. The third-order valence-corrected chi connectivity index (χ3v) is 3.12. The van der Waals surface area contributed by atoms with Crippen molar-refractivity contribution in [3.63, 3.8) is 0 Å². The first-order valence-electron chi connectivity index (χ1n) is 6.00. The molecular formula is C13H16N2O3. The molecule has 5 heteroatoms. The van der Waals surface area contributed by atoms with Crippen molar-refractivity contribution in [1.82, 2.24) is 10.3 Å². The van der Waals surface area contributed by atoms with E-state index in [1.165, 1.54) is 0 Å². The summed E-state index contributed by atoms with van der Waals surface area (Å²) in [5.41, 5.74) is 1.63. The SMILES string of the molecule is Cc1cccnc1CC(=O)NC(C(=O)O)C1CC1. The molecule has 1 heterocycles. The van der Waals surface area contributed by atoms with Gasteiger partial charge in [0.15, 0.2) is 0 Å². The molecule has 0 aliphatic heterocycles. The van der Waals surface area contributed by atoms with Gasteiger partial charge in [-0.25, -0.2) is 4.79 Å². The Bertz CT molecular complexity index is 469. The molecule has 5 nitrogen and oxygen atoms in total. The fourth-order valence-corrected chi connectivity index (χ4v) is 1.89. The van der Waals surface area contributed by atoms with E-state index < -0.39 is 12.0 Å².